The van der Waals surface area contributed by atoms with Crippen molar-refractivity contribution in [3.8, 4) is 11.8 Å². The van der Waals surface area contributed by atoms with E-state index < -0.39 is 0 Å². The highest BCUT2D eigenvalue weighted by atomic mass is 127. The van der Waals surface area contributed by atoms with Gasteiger partial charge in [0.1, 0.15) is 0 Å². The van der Waals surface area contributed by atoms with Gasteiger partial charge in [0.2, 0.25) is 0 Å². The minimum atomic E-state index is 0.723. The molecule has 0 amide bonds. The van der Waals surface area contributed by atoms with E-state index in [-0.39, 0.29) is 0 Å². The Hall–Kier alpha value is -1.47. The third-order valence-electron chi connectivity index (χ3n) is 2.13. The highest BCUT2D eigenvalue weighted by molar-refractivity contribution is 14.1. The van der Waals surface area contributed by atoms with Crippen molar-refractivity contribution in [3.05, 3.63) is 63.2 Å². The third kappa shape index (κ3) is 2.77. The van der Waals surface area contributed by atoms with Crippen molar-refractivity contribution in [1.29, 1.82) is 0 Å². The molecule has 0 aromatic heterocycles. The number of hydrogen-bond acceptors (Lipinski definition) is 1. The zero-order valence-electron chi connectivity index (χ0n) is 8.57. The minimum absolute atomic E-state index is 0.723. The van der Waals surface area contributed by atoms with Crippen LogP contribution in [-0.4, -0.2) is 0 Å². The molecule has 0 heterocycles. The van der Waals surface area contributed by atoms with Crippen LogP contribution in [0.5, 0.6) is 0 Å². The van der Waals surface area contributed by atoms with E-state index in [0.717, 1.165) is 16.8 Å². The van der Waals surface area contributed by atoms with E-state index in [9.17, 15) is 0 Å². The molecule has 2 aromatic rings. The number of nitrogen functional groups attached to an aromatic ring is 1. The van der Waals surface area contributed by atoms with Gasteiger partial charge in [0, 0.05) is 20.4 Å². The highest BCUT2D eigenvalue weighted by Crippen LogP contribution is 2.10. The number of halogens is 1. The van der Waals surface area contributed by atoms with E-state index >= 15 is 0 Å². The van der Waals surface area contributed by atoms with Crippen molar-refractivity contribution < 1.29 is 0 Å². The second kappa shape index (κ2) is 5.04. The fourth-order valence-electron chi connectivity index (χ4n) is 1.32. The lowest BCUT2D eigenvalue weighted by atomic mass is 10.1. The molecule has 1 nitrogen and oxygen atoms in total. The van der Waals surface area contributed by atoms with Crippen molar-refractivity contribution in [2.24, 2.45) is 0 Å². The minimum Gasteiger partial charge on any atom is -0.398 e. The molecule has 0 fully saturated rings. The molecule has 2 aromatic carbocycles. The maximum absolute atomic E-state index is 5.81. The van der Waals surface area contributed by atoms with Crippen LogP contribution in [0.1, 0.15) is 11.1 Å². The summed E-state index contributed by atoms with van der Waals surface area (Å²) in [5, 5.41) is 0. The highest BCUT2D eigenvalue weighted by Gasteiger charge is 1.92. The van der Waals surface area contributed by atoms with Gasteiger partial charge in [0.15, 0.2) is 0 Å². The fourth-order valence-corrected chi connectivity index (χ4v) is 1.86. The summed E-state index contributed by atoms with van der Waals surface area (Å²) < 4.78 is 1.19. The smallest absolute Gasteiger partial charge is 0.0478 e. The number of para-hydroxylation sites is 1. The predicted octanol–water partition coefficient (Wildman–Crippen LogP) is 3.27. The molecule has 0 aliphatic heterocycles. The first kappa shape index (κ1) is 11.0. The molecule has 0 atom stereocenters. The van der Waals surface area contributed by atoms with Crippen molar-refractivity contribution in [2.45, 2.75) is 0 Å². The first-order valence-electron chi connectivity index (χ1n) is 4.88. The molecule has 2 N–H and O–H groups in total. The van der Waals surface area contributed by atoms with Gasteiger partial charge in [-0.15, -0.1) is 0 Å². The van der Waals surface area contributed by atoms with Crippen molar-refractivity contribution >= 4 is 28.3 Å². The van der Waals surface area contributed by atoms with E-state index in [1.54, 1.807) is 0 Å². The maximum Gasteiger partial charge on any atom is 0.0478 e. The lowest BCUT2D eigenvalue weighted by Gasteiger charge is -1.95. The normalized spacial score (nSPS) is 9.31. The topological polar surface area (TPSA) is 26.0 Å². The molecule has 0 aliphatic carbocycles. The van der Waals surface area contributed by atoms with Crippen LogP contribution in [-0.2, 0) is 0 Å². The van der Waals surface area contributed by atoms with E-state index in [0.29, 0.717) is 0 Å². The Bertz CT molecular complexity index is 564. The molecule has 0 bridgehead atoms. The first-order chi connectivity index (χ1) is 7.75. The lowest BCUT2D eigenvalue weighted by Crippen LogP contribution is -1.88. The SMILES string of the molecule is Nc1ccccc1C#Cc1cccc(I)c1. The zero-order valence-corrected chi connectivity index (χ0v) is 10.7. The monoisotopic (exact) mass is 319 g/mol. The van der Waals surface area contributed by atoms with Crippen LogP contribution in [0, 0.1) is 15.4 Å². The molecular weight excluding hydrogens is 309 g/mol. The number of benzene rings is 2. The number of nitrogens with two attached hydrogens (primary N) is 1. The first-order valence-corrected chi connectivity index (χ1v) is 5.96. The Kier molecular flexibility index (Phi) is 3.47. The maximum atomic E-state index is 5.81. The van der Waals surface area contributed by atoms with Gasteiger partial charge in [0.25, 0.3) is 0 Å². The van der Waals surface area contributed by atoms with Crippen LogP contribution in [0.3, 0.4) is 0 Å². The second-order valence-corrected chi connectivity index (χ2v) is 4.59. The Morgan fingerprint density at radius 1 is 0.938 bits per heavy atom. The van der Waals surface area contributed by atoms with Gasteiger partial charge >= 0.3 is 0 Å². The van der Waals surface area contributed by atoms with E-state index in [2.05, 4.69) is 34.4 Å². The molecule has 16 heavy (non-hydrogen) atoms. The molecule has 2 heteroatoms. The third-order valence-corrected chi connectivity index (χ3v) is 2.80. The van der Waals surface area contributed by atoms with Gasteiger partial charge in [0.05, 0.1) is 0 Å². The van der Waals surface area contributed by atoms with Crippen molar-refractivity contribution in [3.63, 3.8) is 0 Å². The summed E-state index contributed by atoms with van der Waals surface area (Å²) in [6.07, 6.45) is 0. The van der Waals surface area contributed by atoms with Crippen molar-refractivity contribution in [1.82, 2.24) is 0 Å². The number of rotatable bonds is 0. The molecule has 0 saturated heterocycles. The standard InChI is InChI=1S/C14H10IN/c15-13-6-3-4-11(10-13)8-9-12-5-1-2-7-14(12)16/h1-7,10H,16H2. The molecule has 2 rings (SSSR count). The molecule has 78 valence electrons. The number of anilines is 1. The summed E-state index contributed by atoms with van der Waals surface area (Å²) in [6.45, 7) is 0. The Labute approximate surface area is 109 Å². The Morgan fingerprint density at radius 3 is 2.50 bits per heavy atom. The Morgan fingerprint density at radius 2 is 1.75 bits per heavy atom. The van der Waals surface area contributed by atoms with E-state index in [1.165, 1.54) is 3.57 Å². The van der Waals surface area contributed by atoms with Crippen molar-refractivity contribution in [2.75, 3.05) is 5.73 Å². The van der Waals surface area contributed by atoms with Crippen LogP contribution >= 0.6 is 22.6 Å². The van der Waals surface area contributed by atoms with Gasteiger partial charge in [-0.3, -0.25) is 0 Å². The summed E-state index contributed by atoms with van der Waals surface area (Å²) in [6, 6.07) is 15.7. The average Bonchev–Trinajstić information content (AvgIpc) is 2.28. The van der Waals surface area contributed by atoms with Crippen LogP contribution in [0.15, 0.2) is 48.5 Å². The van der Waals surface area contributed by atoms with E-state index in [1.807, 2.05) is 48.5 Å². The molecular formula is C14H10IN. The lowest BCUT2D eigenvalue weighted by molar-refractivity contribution is 1.59. The summed E-state index contributed by atoms with van der Waals surface area (Å²) in [5.41, 5.74) is 8.42. The van der Waals surface area contributed by atoms with Crippen LogP contribution in [0.25, 0.3) is 0 Å². The molecule has 0 saturated carbocycles. The van der Waals surface area contributed by atoms with Gasteiger partial charge in [-0.2, -0.15) is 0 Å². The summed E-state index contributed by atoms with van der Waals surface area (Å²) >= 11 is 2.27. The molecule has 0 radical (unpaired) electrons. The molecule has 0 aliphatic rings. The Balaban J connectivity index is 2.32. The van der Waals surface area contributed by atoms with Crippen LogP contribution in [0.2, 0.25) is 0 Å². The summed E-state index contributed by atoms with van der Waals surface area (Å²) in [5.74, 6) is 6.19. The van der Waals surface area contributed by atoms with Gasteiger partial charge in [-0.1, -0.05) is 30.0 Å². The van der Waals surface area contributed by atoms with Gasteiger partial charge in [-0.05, 0) is 52.9 Å². The average molecular weight is 319 g/mol. The molecule has 0 unspecified atom stereocenters. The molecule has 0 spiro atoms. The van der Waals surface area contributed by atoms with Gasteiger partial charge in [-0.25, -0.2) is 0 Å². The zero-order chi connectivity index (χ0) is 11.4. The summed E-state index contributed by atoms with van der Waals surface area (Å²) in [4.78, 5) is 0. The fraction of sp³-hybridized carbons (Fsp3) is 0. The van der Waals surface area contributed by atoms with E-state index in [4.69, 9.17) is 5.73 Å². The number of hydrogen-bond donors (Lipinski definition) is 1. The predicted molar refractivity (Wildman–Crippen MR) is 76.0 cm³/mol. The van der Waals surface area contributed by atoms with Crippen LogP contribution < -0.4 is 5.73 Å². The second-order valence-electron chi connectivity index (χ2n) is 3.35. The largest absolute Gasteiger partial charge is 0.398 e. The van der Waals surface area contributed by atoms with Crippen LogP contribution in [0.4, 0.5) is 5.69 Å². The van der Waals surface area contributed by atoms with Gasteiger partial charge < -0.3 is 5.73 Å². The summed E-state index contributed by atoms with van der Waals surface area (Å²) in [7, 11) is 0. The quantitative estimate of drug-likeness (QED) is 0.450.